The van der Waals surface area contributed by atoms with Gasteiger partial charge in [-0.1, -0.05) is 35.3 Å². The van der Waals surface area contributed by atoms with E-state index in [1.807, 2.05) is 17.0 Å². The summed E-state index contributed by atoms with van der Waals surface area (Å²) in [6, 6.07) is 11.1. The molecule has 2 fully saturated rings. The van der Waals surface area contributed by atoms with E-state index in [1.54, 1.807) is 0 Å². The second kappa shape index (κ2) is 13.7. The highest BCUT2D eigenvalue weighted by Gasteiger charge is 2.38. The Hall–Kier alpha value is -2.77. The van der Waals surface area contributed by atoms with Crippen LogP contribution in [0.3, 0.4) is 0 Å². The highest BCUT2D eigenvalue weighted by atomic mass is 35.5. The third kappa shape index (κ3) is 9.13. The monoisotopic (exact) mass is 607 g/mol. The molecule has 0 bridgehead atoms. The second-order valence-corrected chi connectivity index (χ2v) is 10.6. The Labute approximate surface area is 238 Å². The van der Waals surface area contributed by atoms with Crippen molar-refractivity contribution in [3.05, 3.63) is 57.6 Å². The lowest BCUT2D eigenvalue weighted by Crippen LogP contribution is -2.49. The van der Waals surface area contributed by atoms with Gasteiger partial charge in [-0.05, 0) is 55.3 Å². The van der Waals surface area contributed by atoms with Crippen LogP contribution in [0.25, 0.3) is 0 Å². The van der Waals surface area contributed by atoms with Gasteiger partial charge in [0.2, 0.25) is 0 Å². The number of halogens is 5. The van der Waals surface area contributed by atoms with Crippen molar-refractivity contribution >= 4 is 40.8 Å². The number of phenolic OH excluding ortho intramolecular Hbond substituents is 1. The standard InChI is InChI=1S/C24H29Cl2N3O4.C2HF3O2/c25-17-3-1-15(2-4-17)12-28-7-5-18(6-8-28)27-20-13-29(14-23(20)31)21-11-22(30)19(26)9-16(21)10-24(32)33;3-2(4,5)1(6)7/h1-4,9,11,18,20,23,27,30-31H,5-8,10,12-14H2,(H,32,33);(H,6,7)/t20?,23-;/m1./s1. The lowest BCUT2D eigenvalue weighted by Gasteiger charge is -2.34. The number of nitrogens with one attached hydrogen (secondary N) is 1. The van der Waals surface area contributed by atoms with E-state index >= 15 is 0 Å². The molecule has 14 heteroatoms. The van der Waals surface area contributed by atoms with E-state index in [0.717, 1.165) is 37.5 Å². The Kier molecular flexibility index (Phi) is 10.9. The van der Waals surface area contributed by atoms with E-state index in [-0.39, 0.29) is 23.2 Å². The summed E-state index contributed by atoms with van der Waals surface area (Å²) in [5, 5.41) is 41.6. The van der Waals surface area contributed by atoms with Crippen LogP contribution in [-0.2, 0) is 22.6 Å². The van der Waals surface area contributed by atoms with Crippen LogP contribution in [0.2, 0.25) is 10.0 Å². The number of nitrogens with zero attached hydrogens (tertiary/aromatic N) is 2. The van der Waals surface area contributed by atoms with Gasteiger partial charge in [0, 0.05) is 42.5 Å². The number of aliphatic carboxylic acids is 2. The summed E-state index contributed by atoms with van der Waals surface area (Å²) >= 11 is 12.0. The number of carboxylic acids is 2. The molecule has 2 saturated heterocycles. The number of phenols is 1. The van der Waals surface area contributed by atoms with E-state index in [1.165, 1.54) is 17.7 Å². The minimum atomic E-state index is -5.08. The van der Waals surface area contributed by atoms with Crippen molar-refractivity contribution in [1.29, 1.82) is 0 Å². The predicted octanol–water partition coefficient (Wildman–Crippen LogP) is 3.76. The quantitative estimate of drug-likeness (QED) is 0.319. The number of aliphatic hydroxyl groups is 1. The topological polar surface area (TPSA) is 134 Å². The number of benzene rings is 2. The van der Waals surface area contributed by atoms with Gasteiger partial charge in [0.25, 0.3) is 0 Å². The highest BCUT2D eigenvalue weighted by Crippen LogP contribution is 2.34. The summed E-state index contributed by atoms with van der Waals surface area (Å²) in [5.41, 5.74) is 2.37. The fourth-order valence-electron chi connectivity index (χ4n) is 4.75. The molecule has 2 aliphatic heterocycles. The molecule has 2 heterocycles. The van der Waals surface area contributed by atoms with Crippen molar-refractivity contribution in [3.8, 4) is 5.75 Å². The van der Waals surface area contributed by atoms with Crippen LogP contribution in [0.1, 0.15) is 24.0 Å². The highest BCUT2D eigenvalue weighted by molar-refractivity contribution is 6.32. The maximum absolute atomic E-state index is 11.3. The second-order valence-electron chi connectivity index (χ2n) is 9.73. The molecule has 0 spiro atoms. The predicted molar refractivity (Wildman–Crippen MR) is 143 cm³/mol. The van der Waals surface area contributed by atoms with Gasteiger partial charge in [0.15, 0.2) is 0 Å². The number of carbonyl (C=O) groups is 2. The average molecular weight is 608 g/mol. The smallest absolute Gasteiger partial charge is 0.490 e. The first-order valence-corrected chi connectivity index (χ1v) is 13.2. The first kappa shape index (κ1) is 31.8. The molecule has 40 heavy (non-hydrogen) atoms. The summed E-state index contributed by atoms with van der Waals surface area (Å²) in [6.07, 6.45) is -3.90. The van der Waals surface area contributed by atoms with E-state index in [0.29, 0.717) is 30.4 Å². The Bertz CT molecular complexity index is 1180. The van der Waals surface area contributed by atoms with Crippen molar-refractivity contribution < 1.29 is 43.2 Å². The number of alkyl halides is 3. The van der Waals surface area contributed by atoms with Crippen LogP contribution < -0.4 is 10.2 Å². The van der Waals surface area contributed by atoms with Gasteiger partial charge >= 0.3 is 18.1 Å². The summed E-state index contributed by atoms with van der Waals surface area (Å²) in [7, 11) is 0. The third-order valence-electron chi connectivity index (χ3n) is 6.72. The van der Waals surface area contributed by atoms with Crippen molar-refractivity contribution in [2.45, 2.75) is 50.2 Å². The van der Waals surface area contributed by atoms with Crippen LogP contribution in [0.4, 0.5) is 18.9 Å². The Morgan fingerprint density at radius 2 is 1.62 bits per heavy atom. The molecule has 2 atom stereocenters. The zero-order valence-electron chi connectivity index (χ0n) is 21.2. The van der Waals surface area contributed by atoms with Crippen LogP contribution in [-0.4, -0.2) is 87.8 Å². The van der Waals surface area contributed by atoms with Crippen molar-refractivity contribution in [3.63, 3.8) is 0 Å². The molecule has 4 rings (SSSR count). The molecular weight excluding hydrogens is 578 g/mol. The summed E-state index contributed by atoms with van der Waals surface area (Å²) in [5.74, 6) is -3.83. The normalized spacial score (nSPS) is 20.2. The molecule has 5 N–H and O–H groups in total. The molecular formula is C26H30Cl2F3N3O6. The van der Waals surface area contributed by atoms with E-state index in [4.69, 9.17) is 33.1 Å². The Balaban J connectivity index is 0.000000559. The lowest BCUT2D eigenvalue weighted by atomic mass is 10.0. The largest absolute Gasteiger partial charge is 0.506 e. The first-order valence-electron chi connectivity index (χ1n) is 12.4. The lowest BCUT2D eigenvalue weighted by molar-refractivity contribution is -0.192. The molecule has 0 aromatic heterocycles. The van der Waals surface area contributed by atoms with Crippen molar-refractivity contribution in [2.24, 2.45) is 0 Å². The summed E-state index contributed by atoms with van der Waals surface area (Å²) in [4.78, 5) is 24.5. The molecule has 220 valence electrons. The number of rotatable bonds is 7. The van der Waals surface area contributed by atoms with Crippen LogP contribution in [0.15, 0.2) is 36.4 Å². The van der Waals surface area contributed by atoms with Gasteiger partial charge in [-0.3, -0.25) is 9.69 Å². The van der Waals surface area contributed by atoms with E-state index in [9.17, 15) is 33.3 Å². The average Bonchev–Trinajstić information content (AvgIpc) is 3.23. The van der Waals surface area contributed by atoms with Gasteiger partial charge in [-0.2, -0.15) is 13.2 Å². The zero-order valence-corrected chi connectivity index (χ0v) is 22.8. The fourth-order valence-corrected chi connectivity index (χ4v) is 5.06. The third-order valence-corrected chi connectivity index (χ3v) is 7.27. The molecule has 0 aliphatic carbocycles. The number of hydrogen-bond donors (Lipinski definition) is 5. The van der Waals surface area contributed by atoms with Gasteiger partial charge < -0.3 is 30.6 Å². The fraction of sp³-hybridized carbons (Fsp3) is 0.462. The molecule has 0 radical (unpaired) electrons. The summed E-state index contributed by atoms with van der Waals surface area (Å²) in [6.45, 7) is 3.73. The molecule has 0 saturated carbocycles. The molecule has 9 nitrogen and oxygen atoms in total. The molecule has 2 aliphatic rings. The van der Waals surface area contributed by atoms with Gasteiger partial charge in [0.1, 0.15) is 5.75 Å². The Morgan fingerprint density at radius 3 is 2.17 bits per heavy atom. The number of β-amino-alcohol motifs (C(OH)–C–C–N with tert-alkyl or cyclic N) is 1. The van der Waals surface area contributed by atoms with Crippen LogP contribution in [0.5, 0.6) is 5.75 Å². The number of aliphatic hydroxyl groups excluding tert-OH is 1. The SMILES string of the molecule is O=C(O)C(F)(F)F.O=C(O)Cc1cc(Cl)c(O)cc1N1CC(NC2CCN(Cc3ccc(Cl)cc3)CC2)[C@H](O)C1. The van der Waals surface area contributed by atoms with E-state index < -0.39 is 24.2 Å². The number of likely N-dealkylation sites (tertiary alicyclic amines) is 1. The number of anilines is 1. The van der Waals surface area contributed by atoms with Gasteiger partial charge in [0.05, 0.1) is 23.6 Å². The van der Waals surface area contributed by atoms with Gasteiger partial charge in [-0.15, -0.1) is 0 Å². The van der Waals surface area contributed by atoms with Crippen LogP contribution in [0, 0.1) is 0 Å². The van der Waals surface area contributed by atoms with Gasteiger partial charge in [-0.25, -0.2) is 4.79 Å². The van der Waals surface area contributed by atoms with E-state index in [2.05, 4.69) is 22.3 Å². The van der Waals surface area contributed by atoms with Crippen molar-refractivity contribution in [1.82, 2.24) is 10.2 Å². The minimum Gasteiger partial charge on any atom is -0.506 e. The Morgan fingerprint density at radius 1 is 1.02 bits per heavy atom. The molecule has 2 aromatic rings. The maximum atomic E-state index is 11.3. The number of piperidine rings is 1. The van der Waals surface area contributed by atoms with Crippen LogP contribution >= 0.6 is 23.2 Å². The van der Waals surface area contributed by atoms with Crippen molar-refractivity contribution in [2.75, 3.05) is 31.1 Å². The first-order chi connectivity index (χ1) is 18.7. The number of aromatic hydroxyl groups is 1. The minimum absolute atomic E-state index is 0.0974. The number of hydrogen-bond acceptors (Lipinski definition) is 7. The number of carboxylic acid groups (broad SMARTS) is 2. The zero-order chi connectivity index (χ0) is 29.6. The maximum Gasteiger partial charge on any atom is 0.490 e. The molecule has 1 unspecified atom stereocenters. The molecule has 2 aromatic carbocycles. The molecule has 0 amide bonds. The summed E-state index contributed by atoms with van der Waals surface area (Å²) < 4.78 is 31.7.